The van der Waals surface area contributed by atoms with Gasteiger partial charge in [-0.05, 0) is 69.4 Å². The first-order valence-corrected chi connectivity index (χ1v) is 25.9. The van der Waals surface area contributed by atoms with Gasteiger partial charge in [-0.15, -0.1) is 5.10 Å². The maximum atomic E-state index is 13.6. The second-order valence-electron chi connectivity index (χ2n) is 18.5. The topological polar surface area (TPSA) is 368 Å². The number of fused-ring (bicyclic) bond motifs is 1. The average molecular weight is 1120 g/mol. The van der Waals surface area contributed by atoms with Crippen molar-refractivity contribution in [1.82, 2.24) is 34.8 Å². The lowest BCUT2D eigenvalue weighted by molar-refractivity contribution is -0.392. The number of ether oxygens (including phenoxy) is 4. The van der Waals surface area contributed by atoms with Crippen LogP contribution in [0.1, 0.15) is 71.9 Å². The molecule has 6 aromatic rings. The van der Waals surface area contributed by atoms with E-state index in [0.29, 0.717) is 47.6 Å². The fraction of sp³-hybridized carbons (Fsp3) is 0.404. The van der Waals surface area contributed by atoms with Crippen LogP contribution in [0, 0.1) is 40.5 Å². The third-order valence-electron chi connectivity index (χ3n) is 13.0. The molecular weight excluding hydrogens is 1060 g/mol. The summed E-state index contributed by atoms with van der Waals surface area (Å²) < 4.78 is 24.8. The van der Waals surface area contributed by atoms with Crippen molar-refractivity contribution >= 4 is 68.5 Å². The van der Waals surface area contributed by atoms with Crippen LogP contribution in [0.5, 0.6) is 5.75 Å². The SMILES string of the molecule is C[C@@H]1CN(C(=O)c2ccccc2)CCN1C(=O)C(=O)c1c[nH]c2nccc(OCCOCCCn3cc(COCCOCCCC(=O)[C@H](CCCCNc4c([N+](=O)[O-])cccc4[N+](=O)[O-])Nc4c([N+](=O)[O-])cccc4[N+](=O)[O-])nn3)c12. The smallest absolute Gasteiger partial charge is 0.299 e. The lowest BCUT2D eigenvalue weighted by atomic mass is 10.0. The van der Waals surface area contributed by atoms with Crippen molar-refractivity contribution in [3.63, 3.8) is 0 Å². The van der Waals surface area contributed by atoms with Crippen LogP contribution in [0.25, 0.3) is 11.0 Å². The summed E-state index contributed by atoms with van der Waals surface area (Å²) >= 11 is 0. The van der Waals surface area contributed by atoms with Gasteiger partial charge in [-0.3, -0.25) is 64.3 Å². The largest absolute Gasteiger partial charge is 0.490 e. The predicted molar refractivity (Wildman–Crippen MR) is 289 cm³/mol. The van der Waals surface area contributed by atoms with Gasteiger partial charge in [-0.1, -0.05) is 23.4 Å². The number of nitro groups is 4. The number of para-hydroxylation sites is 2. The van der Waals surface area contributed by atoms with Crippen molar-refractivity contribution in [1.29, 1.82) is 0 Å². The van der Waals surface area contributed by atoms with Crippen molar-refractivity contribution in [2.45, 2.75) is 70.7 Å². The van der Waals surface area contributed by atoms with Crippen molar-refractivity contribution in [3.8, 4) is 5.75 Å². The van der Waals surface area contributed by atoms with E-state index in [1.165, 1.54) is 23.4 Å². The van der Waals surface area contributed by atoms with E-state index >= 15 is 0 Å². The molecule has 1 aliphatic rings. The number of piperazine rings is 1. The van der Waals surface area contributed by atoms with Gasteiger partial charge < -0.3 is 44.4 Å². The van der Waals surface area contributed by atoms with Gasteiger partial charge >= 0.3 is 0 Å². The molecule has 3 aromatic heterocycles. The Hall–Kier alpha value is -9.35. The molecule has 0 unspecified atom stereocenters. The highest BCUT2D eigenvalue weighted by Gasteiger charge is 2.35. The zero-order valence-electron chi connectivity index (χ0n) is 44.0. The Morgan fingerprint density at radius 3 is 2.05 bits per heavy atom. The molecule has 0 bridgehead atoms. The Labute approximate surface area is 461 Å². The number of ketones is 2. The van der Waals surface area contributed by atoms with E-state index in [-0.39, 0.29) is 115 Å². The van der Waals surface area contributed by atoms with Gasteiger partial charge in [-0.2, -0.15) is 0 Å². The van der Waals surface area contributed by atoms with E-state index in [4.69, 9.17) is 18.9 Å². The highest BCUT2D eigenvalue weighted by Crippen LogP contribution is 2.36. The zero-order chi connectivity index (χ0) is 57.8. The van der Waals surface area contributed by atoms with Crippen LogP contribution in [0.4, 0.5) is 34.1 Å². The summed E-state index contributed by atoms with van der Waals surface area (Å²) in [6.07, 6.45) is 6.01. The maximum absolute atomic E-state index is 13.6. The Morgan fingerprint density at radius 2 is 1.38 bits per heavy atom. The Kier molecular flexibility index (Phi) is 21.3. The number of nitrogens with one attached hydrogen (secondary N) is 3. The van der Waals surface area contributed by atoms with Gasteiger partial charge in [0.15, 0.2) is 17.2 Å². The fourth-order valence-corrected chi connectivity index (χ4v) is 9.02. The molecular formula is C52H59N13O16. The standard InChI is InChI=1S/C52H59N13O16/c1-35-32-59(51(68)36-11-3-2-4-12-36)23-24-61(35)52(69)49(67)38-31-55-50-46(38)45(19-21-54-50)81-30-29-79-26-10-22-60-33-37(57-58-60)34-80-28-27-78-25-9-18-44(66)39(56-48-42(64(74)75)16-8-17-43(48)65(76)77)13-5-6-20-53-47-40(62(70)71)14-7-15-41(47)63(72)73/h2-4,7-8,11-12,14-17,19,21,31,33,35,39,53,56H,5-6,9-10,13,18,20,22-30,32,34H2,1H3,(H,54,55)/t35-,39+/m1/s1. The van der Waals surface area contributed by atoms with Crippen molar-refractivity contribution in [3.05, 3.63) is 149 Å². The lowest BCUT2D eigenvalue weighted by Crippen LogP contribution is -2.56. The first-order chi connectivity index (χ1) is 39.1. The van der Waals surface area contributed by atoms with Crippen molar-refractivity contribution in [2.24, 2.45) is 0 Å². The first kappa shape index (κ1) is 59.3. The summed E-state index contributed by atoms with van der Waals surface area (Å²) in [4.78, 5) is 108. The van der Waals surface area contributed by atoms with Gasteiger partial charge in [0.05, 0.1) is 69.3 Å². The molecule has 3 N–H and O–H groups in total. The van der Waals surface area contributed by atoms with Crippen LogP contribution < -0.4 is 15.4 Å². The number of Topliss-reactive ketones (excluding diaryl/α,β-unsaturated/α-hetero) is 2. The number of aryl methyl sites for hydroxylation is 1. The molecule has 0 radical (unpaired) electrons. The van der Waals surface area contributed by atoms with Crippen LogP contribution in [-0.4, -0.2) is 156 Å². The predicted octanol–water partition coefficient (Wildman–Crippen LogP) is 6.47. The number of aromatic amines is 1. The summed E-state index contributed by atoms with van der Waals surface area (Å²) in [5.74, 6) is -1.58. The molecule has 4 heterocycles. The molecule has 2 amide bonds. The molecule has 29 heteroatoms. The van der Waals surface area contributed by atoms with E-state index in [0.717, 1.165) is 30.3 Å². The number of unbranched alkanes of at least 4 members (excludes halogenated alkanes) is 1. The molecule has 81 heavy (non-hydrogen) atoms. The third-order valence-corrected chi connectivity index (χ3v) is 13.0. The normalized spacial score (nSPS) is 13.6. The number of carbonyl (C=O) groups excluding carboxylic acids is 4. The minimum absolute atomic E-state index is 0.0268. The fourth-order valence-electron chi connectivity index (χ4n) is 9.02. The van der Waals surface area contributed by atoms with Crippen LogP contribution in [0.3, 0.4) is 0 Å². The third kappa shape index (κ3) is 15.9. The highest BCUT2D eigenvalue weighted by molar-refractivity contribution is 6.45. The van der Waals surface area contributed by atoms with E-state index in [2.05, 4.69) is 30.9 Å². The highest BCUT2D eigenvalue weighted by atomic mass is 16.6. The van der Waals surface area contributed by atoms with E-state index in [1.54, 1.807) is 53.0 Å². The van der Waals surface area contributed by atoms with Crippen LogP contribution in [-0.2, 0) is 37.0 Å². The number of rotatable bonds is 33. The molecule has 0 aliphatic carbocycles. The summed E-state index contributed by atoms with van der Waals surface area (Å²) in [6, 6.07) is 15.7. The summed E-state index contributed by atoms with van der Waals surface area (Å²) in [5.41, 5.74) is -1.29. The quantitative estimate of drug-likeness (QED) is 0.0130. The number of amides is 2. The average Bonchev–Trinajstić information content (AvgIpc) is 4.17. The number of pyridine rings is 1. The van der Waals surface area contributed by atoms with Gasteiger partial charge in [0.25, 0.3) is 40.3 Å². The molecule has 2 atom stereocenters. The Morgan fingerprint density at radius 1 is 0.741 bits per heavy atom. The number of anilines is 2. The van der Waals surface area contributed by atoms with Crippen LogP contribution >= 0.6 is 0 Å². The van der Waals surface area contributed by atoms with Gasteiger partial charge in [0.2, 0.25) is 0 Å². The van der Waals surface area contributed by atoms with Crippen molar-refractivity contribution in [2.75, 3.05) is 76.5 Å². The molecule has 1 fully saturated rings. The maximum Gasteiger partial charge on any atom is 0.299 e. The molecule has 1 saturated heterocycles. The molecule has 29 nitrogen and oxygen atoms in total. The van der Waals surface area contributed by atoms with Crippen molar-refractivity contribution < 1.29 is 57.8 Å². The van der Waals surface area contributed by atoms with E-state index in [1.807, 2.05) is 6.07 Å². The minimum Gasteiger partial charge on any atom is -0.490 e. The number of hydrogen-bond acceptors (Lipinski definition) is 21. The number of benzene rings is 3. The number of hydrogen-bond donors (Lipinski definition) is 3. The number of nitrogens with zero attached hydrogens (tertiary/aromatic N) is 10. The Balaban J connectivity index is 0.781. The van der Waals surface area contributed by atoms with Crippen LogP contribution in [0.2, 0.25) is 0 Å². The molecule has 3 aromatic carbocycles. The second-order valence-corrected chi connectivity index (χ2v) is 18.5. The molecule has 0 saturated carbocycles. The van der Waals surface area contributed by atoms with Gasteiger partial charge in [0.1, 0.15) is 23.7 Å². The molecule has 1 aliphatic heterocycles. The Bertz CT molecular complexity index is 3140. The number of carbonyl (C=O) groups is 4. The summed E-state index contributed by atoms with van der Waals surface area (Å²) in [6.45, 7) is 4.51. The summed E-state index contributed by atoms with van der Waals surface area (Å²) in [5, 5.41) is 60.8. The lowest BCUT2D eigenvalue weighted by Gasteiger charge is -2.39. The number of nitro benzene ring substituents is 4. The summed E-state index contributed by atoms with van der Waals surface area (Å²) in [7, 11) is 0. The number of H-pyrrole nitrogens is 1. The van der Waals surface area contributed by atoms with E-state index < -0.39 is 77.7 Å². The number of aromatic nitrogens is 5. The first-order valence-electron chi connectivity index (χ1n) is 25.9. The minimum atomic E-state index is -1.12. The second kappa shape index (κ2) is 29.0. The zero-order valence-corrected chi connectivity index (χ0v) is 44.0. The monoisotopic (exact) mass is 1120 g/mol. The van der Waals surface area contributed by atoms with E-state index in [9.17, 15) is 59.6 Å². The molecule has 428 valence electrons. The molecule has 7 rings (SSSR count). The van der Waals surface area contributed by atoms with Crippen LogP contribution in [0.15, 0.2) is 91.4 Å². The van der Waals surface area contributed by atoms with Gasteiger partial charge in [0, 0.05) is 101 Å². The van der Waals surface area contributed by atoms with Gasteiger partial charge in [-0.25, -0.2) is 4.98 Å². The molecule has 0 spiro atoms.